The molecule has 1 unspecified atom stereocenters. The van der Waals surface area contributed by atoms with Crippen LogP contribution in [0.1, 0.15) is 37.8 Å². The highest BCUT2D eigenvalue weighted by Crippen LogP contribution is 2.36. The number of anilines is 1. The number of nitrogens with one attached hydrogen (secondary N) is 1. The molecule has 1 aromatic rings. The molecule has 0 saturated carbocycles. The minimum absolute atomic E-state index is 0.382. The van der Waals surface area contributed by atoms with Crippen LogP contribution in [0, 0.1) is 0 Å². The standard InChI is InChI=1S/C18H23NO4/c1-5-6-7-12-8-9-15-13(10-12)14(16(20)22-3)11-18(2,19-15)17(21)23-4/h8-11,19H,5-7H2,1-4H3. The molecule has 1 heterocycles. The third-order valence-electron chi connectivity index (χ3n) is 4.04. The molecule has 1 atom stereocenters. The largest absolute Gasteiger partial charge is 0.467 e. The average molecular weight is 317 g/mol. The van der Waals surface area contributed by atoms with Gasteiger partial charge in [0, 0.05) is 11.3 Å². The Kier molecular flexibility index (Phi) is 5.08. The van der Waals surface area contributed by atoms with Gasteiger partial charge in [0.15, 0.2) is 5.54 Å². The quantitative estimate of drug-likeness (QED) is 0.846. The topological polar surface area (TPSA) is 64.6 Å². The lowest BCUT2D eigenvalue weighted by molar-refractivity contribution is -0.143. The van der Waals surface area contributed by atoms with Gasteiger partial charge in [-0.05, 0) is 43.5 Å². The molecule has 1 aromatic carbocycles. The first-order valence-corrected chi connectivity index (χ1v) is 7.76. The van der Waals surface area contributed by atoms with E-state index >= 15 is 0 Å². The second-order valence-electron chi connectivity index (χ2n) is 5.85. The van der Waals surface area contributed by atoms with E-state index in [2.05, 4.69) is 12.2 Å². The fraction of sp³-hybridized carbons (Fsp3) is 0.444. The Balaban J connectivity index is 2.50. The number of hydrogen-bond donors (Lipinski definition) is 1. The highest BCUT2D eigenvalue weighted by molar-refractivity contribution is 6.20. The van der Waals surface area contributed by atoms with Crippen molar-refractivity contribution in [2.75, 3.05) is 19.5 Å². The van der Waals surface area contributed by atoms with Crippen LogP contribution in [0.25, 0.3) is 5.57 Å². The van der Waals surface area contributed by atoms with Crippen molar-refractivity contribution in [2.45, 2.75) is 38.6 Å². The maximum Gasteiger partial charge on any atom is 0.338 e. The van der Waals surface area contributed by atoms with Crippen LogP contribution in [0.15, 0.2) is 24.3 Å². The van der Waals surface area contributed by atoms with Crippen molar-refractivity contribution in [2.24, 2.45) is 0 Å². The Morgan fingerprint density at radius 3 is 2.57 bits per heavy atom. The number of ether oxygens (including phenoxy) is 2. The molecule has 0 radical (unpaired) electrons. The van der Waals surface area contributed by atoms with Gasteiger partial charge in [0.1, 0.15) is 0 Å². The summed E-state index contributed by atoms with van der Waals surface area (Å²) in [5, 5.41) is 3.16. The number of methoxy groups -OCH3 is 2. The van der Waals surface area contributed by atoms with Crippen molar-refractivity contribution in [3.8, 4) is 0 Å². The molecule has 0 aliphatic carbocycles. The highest BCUT2D eigenvalue weighted by atomic mass is 16.5. The minimum atomic E-state index is -1.10. The Morgan fingerprint density at radius 1 is 1.22 bits per heavy atom. The summed E-state index contributed by atoms with van der Waals surface area (Å²) < 4.78 is 9.74. The molecule has 124 valence electrons. The zero-order valence-corrected chi connectivity index (χ0v) is 14.1. The number of rotatable bonds is 5. The first kappa shape index (κ1) is 17.1. The number of hydrogen-bond acceptors (Lipinski definition) is 5. The Labute approximate surface area is 136 Å². The summed E-state index contributed by atoms with van der Waals surface area (Å²) in [7, 11) is 2.66. The molecule has 0 fully saturated rings. The molecule has 0 amide bonds. The summed E-state index contributed by atoms with van der Waals surface area (Å²) in [4.78, 5) is 24.3. The van der Waals surface area contributed by atoms with Gasteiger partial charge < -0.3 is 14.8 Å². The summed E-state index contributed by atoms with van der Waals surface area (Å²) in [6.07, 6.45) is 4.72. The number of unbranched alkanes of at least 4 members (excludes halogenated alkanes) is 1. The summed E-state index contributed by atoms with van der Waals surface area (Å²) in [5.74, 6) is -0.921. The van der Waals surface area contributed by atoms with Crippen LogP contribution in [-0.2, 0) is 25.5 Å². The smallest absolute Gasteiger partial charge is 0.338 e. The van der Waals surface area contributed by atoms with Crippen LogP contribution in [0.4, 0.5) is 5.69 Å². The van der Waals surface area contributed by atoms with Gasteiger partial charge in [0.05, 0.1) is 19.8 Å². The zero-order valence-electron chi connectivity index (χ0n) is 14.1. The fourth-order valence-corrected chi connectivity index (χ4v) is 2.74. The van der Waals surface area contributed by atoms with E-state index in [1.165, 1.54) is 14.2 Å². The van der Waals surface area contributed by atoms with Gasteiger partial charge >= 0.3 is 11.9 Å². The number of carbonyl (C=O) groups excluding carboxylic acids is 2. The Bertz CT molecular complexity index is 650. The Hall–Kier alpha value is -2.30. The van der Waals surface area contributed by atoms with Gasteiger partial charge in [-0.2, -0.15) is 0 Å². The van der Waals surface area contributed by atoms with Crippen LogP contribution in [0.3, 0.4) is 0 Å². The predicted molar refractivity (Wildman–Crippen MR) is 89.1 cm³/mol. The fourth-order valence-electron chi connectivity index (χ4n) is 2.74. The van der Waals surface area contributed by atoms with Crippen molar-refractivity contribution >= 4 is 23.2 Å². The SMILES string of the molecule is CCCCc1ccc2c(c1)C(C(=O)OC)=CC(C)(C(=O)OC)N2. The second kappa shape index (κ2) is 6.86. The maximum absolute atomic E-state index is 12.2. The molecule has 1 aliphatic rings. The van der Waals surface area contributed by atoms with E-state index in [0.717, 1.165) is 36.1 Å². The molecule has 0 bridgehead atoms. The van der Waals surface area contributed by atoms with E-state index in [1.54, 1.807) is 13.0 Å². The third-order valence-corrected chi connectivity index (χ3v) is 4.04. The van der Waals surface area contributed by atoms with Gasteiger partial charge in [-0.3, -0.25) is 0 Å². The van der Waals surface area contributed by atoms with Crippen LogP contribution in [0.5, 0.6) is 0 Å². The molecule has 5 heteroatoms. The lowest BCUT2D eigenvalue weighted by Gasteiger charge is -2.32. The summed E-state index contributed by atoms with van der Waals surface area (Å²) in [6.45, 7) is 3.82. The van der Waals surface area contributed by atoms with Crippen molar-refractivity contribution in [3.05, 3.63) is 35.4 Å². The van der Waals surface area contributed by atoms with E-state index in [0.29, 0.717) is 5.57 Å². The molecule has 5 nitrogen and oxygen atoms in total. The number of fused-ring (bicyclic) bond motifs is 1. The molecule has 1 aliphatic heterocycles. The zero-order chi connectivity index (χ0) is 17.0. The van der Waals surface area contributed by atoms with Gasteiger partial charge in [-0.1, -0.05) is 19.4 Å². The lowest BCUT2D eigenvalue weighted by atomic mass is 9.87. The predicted octanol–water partition coefficient (Wildman–Crippen LogP) is 2.94. The molecular formula is C18H23NO4. The van der Waals surface area contributed by atoms with Crippen LogP contribution in [0.2, 0.25) is 0 Å². The second-order valence-corrected chi connectivity index (χ2v) is 5.85. The van der Waals surface area contributed by atoms with Gasteiger partial charge in [-0.25, -0.2) is 9.59 Å². The summed E-state index contributed by atoms with van der Waals surface area (Å²) in [5.41, 5.74) is 1.92. The van der Waals surface area contributed by atoms with E-state index in [-0.39, 0.29) is 0 Å². The molecule has 1 N–H and O–H groups in total. The van der Waals surface area contributed by atoms with Crippen molar-refractivity contribution < 1.29 is 19.1 Å². The molecule has 0 aromatic heterocycles. The molecule has 0 saturated heterocycles. The highest BCUT2D eigenvalue weighted by Gasteiger charge is 2.38. The third kappa shape index (κ3) is 3.38. The maximum atomic E-state index is 12.2. The van der Waals surface area contributed by atoms with Crippen molar-refractivity contribution in [3.63, 3.8) is 0 Å². The molecule has 2 rings (SSSR count). The molecular weight excluding hydrogens is 294 g/mol. The Morgan fingerprint density at radius 2 is 1.96 bits per heavy atom. The molecule has 23 heavy (non-hydrogen) atoms. The van der Waals surface area contributed by atoms with Crippen molar-refractivity contribution in [1.82, 2.24) is 0 Å². The number of aryl methyl sites for hydroxylation is 1. The first-order chi connectivity index (χ1) is 10.9. The van der Waals surface area contributed by atoms with Gasteiger partial charge in [0.2, 0.25) is 0 Å². The van der Waals surface area contributed by atoms with Gasteiger partial charge in [0.25, 0.3) is 0 Å². The summed E-state index contributed by atoms with van der Waals surface area (Å²) >= 11 is 0. The first-order valence-electron chi connectivity index (χ1n) is 7.76. The minimum Gasteiger partial charge on any atom is -0.467 e. The average Bonchev–Trinajstić information content (AvgIpc) is 2.57. The summed E-state index contributed by atoms with van der Waals surface area (Å²) in [6, 6.07) is 5.90. The normalized spacial score (nSPS) is 19.2. The molecule has 0 spiro atoms. The van der Waals surface area contributed by atoms with E-state index in [4.69, 9.17) is 9.47 Å². The van der Waals surface area contributed by atoms with Crippen LogP contribution < -0.4 is 5.32 Å². The van der Waals surface area contributed by atoms with Crippen LogP contribution >= 0.6 is 0 Å². The van der Waals surface area contributed by atoms with E-state index in [9.17, 15) is 9.59 Å². The van der Waals surface area contributed by atoms with Crippen LogP contribution in [-0.4, -0.2) is 31.7 Å². The van der Waals surface area contributed by atoms with E-state index in [1.807, 2.05) is 18.2 Å². The number of carbonyl (C=O) groups is 2. The monoisotopic (exact) mass is 317 g/mol. The van der Waals surface area contributed by atoms with Crippen molar-refractivity contribution in [1.29, 1.82) is 0 Å². The lowest BCUT2D eigenvalue weighted by Crippen LogP contribution is -2.45. The van der Waals surface area contributed by atoms with E-state index < -0.39 is 17.5 Å². The van der Waals surface area contributed by atoms with Gasteiger partial charge in [-0.15, -0.1) is 0 Å². The number of benzene rings is 1. The number of esters is 2.